The highest BCUT2D eigenvalue weighted by molar-refractivity contribution is 5.92. The van der Waals surface area contributed by atoms with E-state index in [1.54, 1.807) is 6.08 Å². The Morgan fingerprint density at radius 1 is 1.10 bits per heavy atom. The molecule has 0 aliphatic carbocycles. The quantitative estimate of drug-likeness (QED) is 0.734. The van der Waals surface area contributed by atoms with Crippen LogP contribution in [0.4, 0.5) is 0 Å². The lowest BCUT2D eigenvalue weighted by atomic mass is 10.1. The number of amides is 2. The molecule has 1 fully saturated rings. The van der Waals surface area contributed by atoms with Crippen LogP contribution >= 0.6 is 0 Å². The Labute approximate surface area is 172 Å². The third-order valence-corrected chi connectivity index (χ3v) is 5.39. The van der Waals surface area contributed by atoms with Crippen molar-refractivity contribution in [1.82, 2.24) is 20.0 Å². The topological polar surface area (TPSA) is 67.2 Å². The first-order valence-electron chi connectivity index (χ1n) is 10.3. The van der Waals surface area contributed by atoms with E-state index in [1.165, 1.54) is 17.2 Å². The zero-order chi connectivity index (χ0) is 20.8. The van der Waals surface area contributed by atoms with Gasteiger partial charge in [-0.1, -0.05) is 29.8 Å². The number of likely N-dealkylation sites (tertiary alicyclic amines) is 1. The summed E-state index contributed by atoms with van der Waals surface area (Å²) in [6.45, 7) is 8.79. The molecule has 0 bridgehead atoms. The Balaban J connectivity index is 1.54. The molecule has 1 saturated heterocycles. The van der Waals surface area contributed by atoms with Crippen LogP contribution in [0.15, 0.2) is 30.3 Å². The highest BCUT2D eigenvalue weighted by Gasteiger charge is 2.17. The van der Waals surface area contributed by atoms with Gasteiger partial charge in [-0.25, -0.2) is 0 Å². The van der Waals surface area contributed by atoms with Crippen molar-refractivity contribution in [1.29, 1.82) is 0 Å². The molecule has 0 atom stereocenters. The van der Waals surface area contributed by atoms with Crippen LogP contribution in [-0.2, 0) is 16.1 Å². The van der Waals surface area contributed by atoms with Crippen LogP contribution in [0, 0.1) is 20.8 Å². The second kappa shape index (κ2) is 9.54. The monoisotopic (exact) mass is 394 g/mol. The summed E-state index contributed by atoms with van der Waals surface area (Å²) < 4.78 is 1.96. The maximum absolute atomic E-state index is 12.1. The first-order valence-corrected chi connectivity index (χ1v) is 10.3. The minimum atomic E-state index is -0.190. The summed E-state index contributed by atoms with van der Waals surface area (Å²) in [6.07, 6.45) is 5.84. The molecule has 154 valence electrons. The van der Waals surface area contributed by atoms with Crippen molar-refractivity contribution < 1.29 is 9.59 Å². The normalized spacial score (nSPS) is 14.0. The number of aryl methyl sites for hydroxylation is 2. The lowest BCUT2D eigenvalue weighted by Crippen LogP contribution is -2.32. The summed E-state index contributed by atoms with van der Waals surface area (Å²) in [6, 6.07) is 8.41. The van der Waals surface area contributed by atoms with Gasteiger partial charge in [0.2, 0.25) is 11.8 Å². The molecule has 2 heterocycles. The molecule has 29 heavy (non-hydrogen) atoms. The van der Waals surface area contributed by atoms with Gasteiger partial charge in [-0.2, -0.15) is 5.10 Å². The Bertz CT molecular complexity index is 890. The summed E-state index contributed by atoms with van der Waals surface area (Å²) in [5, 5.41) is 7.42. The molecule has 0 saturated carbocycles. The van der Waals surface area contributed by atoms with E-state index in [1.807, 2.05) is 23.4 Å². The van der Waals surface area contributed by atoms with Crippen LogP contribution in [0.2, 0.25) is 0 Å². The van der Waals surface area contributed by atoms with E-state index >= 15 is 0 Å². The van der Waals surface area contributed by atoms with Crippen LogP contribution in [0.25, 0.3) is 6.08 Å². The molecule has 2 aromatic rings. The number of carbonyl (C=O) groups is 2. The zero-order valence-electron chi connectivity index (χ0n) is 17.6. The van der Waals surface area contributed by atoms with Crippen molar-refractivity contribution in [2.24, 2.45) is 0 Å². The van der Waals surface area contributed by atoms with Crippen LogP contribution in [0.1, 0.15) is 47.3 Å². The van der Waals surface area contributed by atoms with Gasteiger partial charge in [-0.15, -0.1) is 0 Å². The van der Waals surface area contributed by atoms with Crippen molar-refractivity contribution >= 4 is 17.9 Å². The number of nitrogens with zero attached hydrogens (tertiary/aromatic N) is 3. The fourth-order valence-electron chi connectivity index (χ4n) is 3.61. The largest absolute Gasteiger partial charge is 0.352 e. The molecule has 0 spiro atoms. The minimum absolute atomic E-state index is 0.121. The minimum Gasteiger partial charge on any atom is -0.352 e. The summed E-state index contributed by atoms with van der Waals surface area (Å²) in [5.41, 5.74) is 5.30. The average molecular weight is 395 g/mol. The SMILES string of the molecule is Cc1ccc(Cn2nc(C)c(/C=C/C(=O)NCCC(=O)N3CCCC3)c2C)cc1. The van der Waals surface area contributed by atoms with Gasteiger partial charge in [0.05, 0.1) is 12.2 Å². The Morgan fingerprint density at radius 3 is 2.48 bits per heavy atom. The summed E-state index contributed by atoms with van der Waals surface area (Å²) in [7, 11) is 0. The molecule has 1 aromatic carbocycles. The van der Waals surface area contributed by atoms with Gasteiger partial charge in [0.1, 0.15) is 0 Å². The summed E-state index contributed by atoms with van der Waals surface area (Å²) in [4.78, 5) is 26.0. The van der Waals surface area contributed by atoms with Gasteiger partial charge >= 0.3 is 0 Å². The van der Waals surface area contributed by atoms with E-state index in [-0.39, 0.29) is 11.8 Å². The van der Waals surface area contributed by atoms with E-state index in [0.717, 1.165) is 42.9 Å². The molecule has 1 aliphatic heterocycles. The third-order valence-electron chi connectivity index (χ3n) is 5.39. The molecule has 0 unspecified atom stereocenters. The van der Waals surface area contributed by atoms with Gasteiger partial charge in [0.15, 0.2) is 0 Å². The number of nitrogens with one attached hydrogen (secondary N) is 1. The highest BCUT2D eigenvalue weighted by atomic mass is 16.2. The Kier molecular flexibility index (Phi) is 6.86. The van der Waals surface area contributed by atoms with Crippen LogP contribution in [0.5, 0.6) is 0 Å². The van der Waals surface area contributed by atoms with Crippen molar-refractivity contribution in [3.8, 4) is 0 Å². The standard InChI is InChI=1S/C23H30N4O2/c1-17-6-8-20(9-7-17)16-27-19(3)21(18(2)25-27)10-11-22(28)24-13-12-23(29)26-14-4-5-15-26/h6-11H,4-5,12-16H2,1-3H3,(H,24,28)/b11-10+. The second-order valence-corrected chi connectivity index (χ2v) is 7.69. The number of hydrogen-bond acceptors (Lipinski definition) is 3. The maximum atomic E-state index is 12.1. The van der Waals surface area contributed by atoms with Gasteiger partial charge in [0, 0.05) is 43.4 Å². The number of rotatable bonds is 7. The van der Waals surface area contributed by atoms with Crippen LogP contribution < -0.4 is 5.32 Å². The molecule has 1 N–H and O–H groups in total. The van der Waals surface area contributed by atoms with Crippen molar-refractivity contribution in [2.75, 3.05) is 19.6 Å². The van der Waals surface area contributed by atoms with E-state index in [2.05, 4.69) is 41.6 Å². The number of benzene rings is 1. The fourth-order valence-corrected chi connectivity index (χ4v) is 3.61. The van der Waals surface area contributed by atoms with E-state index < -0.39 is 0 Å². The number of aromatic nitrogens is 2. The first-order chi connectivity index (χ1) is 13.9. The predicted molar refractivity (Wildman–Crippen MR) is 114 cm³/mol. The lowest BCUT2D eigenvalue weighted by molar-refractivity contribution is -0.130. The van der Waals surface area contributed by atoms with E-state index in [0.29, 0.717) is 19.5 Å². The number of carbonyl (C=O) groups excluding carboxylic acids is 2. The van der Waals surface area contributed by atoms with Gasteiger partial charge in [0.25, 0.3) is 0 Å². The molecule has 1 aliphatic rings. The van der Waals surface area contributed by atoms with Crippen LogP contribution in [0.3, 0.4) is 0 Å². The molecular weight excluding hydrogens is 364 g/mol. The average Bonchev–Trinajstić information content (AvgIpc) is 3.31. The zero-order valence-corrected chi connectivity index (χ0v) is 17.6. The first kappa shape index (κ1) is 20.8. The molecule has 1 aromatic heterocycles. The molecule has 6 heteroatoms. The molecule has 6 nitrogen and oxygen atoms in total. The highest BCUT2D eigenvalue weighted by Crippen LogP contribution is 2.17. The van der Waals surface area contributed by atoms with E-state index in [4.69, 9.17) is 0 Å². The molecule has 3 rings (SSSR count). The summed E-state index contributed by atoms with van der Waals surface area (Å²) >= 11 is 0. The van der Waals surface area contributed by atoms with Gasteiger partial charge in [-0.3, -0.25) is 14.3 Å². The second-order valence-electron chi connectivity index (χ2n) is 7.69. The predicted octanol–water partition coefficient (Wildman–Crippen LogP) is 3.00. The smallest absolute Gasteiger partial charge is 0.244 e. The number of hydrogen-bond donors (Lipinski definition) is 1. The maximum Gasteiger partial charge on any atom is 0.244 e. The molecular formula is C23H30N4O2. The van der Waals surface area contributed by atoms with Crippen molar-refractivity contribution in [3.05, 3.63) is 58.4 Å². The third kappa shape index (κ3) is 5.56. The Morgan fingerprint density at radius 2 is 1.79 bits per heavy atom. The Hall–Kier alpha value is -2.89. The molecule has 2 amide bonds. The van der Waals surface area contributed by atoms with Gasteiger partial charge in [-0.05, 0) is 45.3 Å². The van der Waals surface area contributed by atoms with Crippen molar-refractivity contribution in [2.45, 2.75) is 46.6 Å². The van der Waals surface area contributed by atoms with E-state index in [9.17, 15) is 9.59 Å². The van der Waals surface area contributed by atoms with Crippen LogP contribution in [-0.4, -0.2) is 46.1 Å². The lowest BCUT2D eigenvalue weighted by Gasteiger charge is -2.14. The molecule has 0 radical (unpaired) electrons. The van der Waals surface area contributed by atoms with Crippen molar-refractivity contribution in [3.63, 3.8) is 0 Å². The fraction of sp³-hybridized carbons (Fsp3) is 0.435. The van der Waals surface area contributed by atoms with Gasteiger partial charge < -0.3 is 10.2 Å². The summed E-state index contributed by atoms with van der Waals surface area (Å²) in [5.74, 6) is -0.0693.